The largest absolute Gasteiger partial charge is 0.454 e. The van der Waals surface area contributed by atoms with E-state index in [1.807, 2.05) is 18.2 Å². The highest BCUT2D eigenvalue weighted by Crippen LogP contribution is 2.41. The van der Waals surface area contributed by atoms with Gasteiger partial charge in [0.05, 0.1) is 11.1 Å². The minimum absolute atomic E-state index is 0.741. The normalized spacial score (nSPS) is 12.7. The zero-order chi connectivity index (χ0) is 29.3. The van der Waals surface area contributed by atoms with Gasteiger partial charge in [0.25, 0.3) is 0 Å². The van der Waals surface area contributed by atoms with E-state index in [1.54, 1.807) is 6.20 Å². The van der Waals surface area contributed by atoms with Crippen LogP contribution in [0.2, 0.25) is 0 Å². The molecule has 0 amide bonds. The van der Waals surface area contributed by atoms with Crippen molar-refractivity contribution < 1.29 is 4.42 Å². The summed E-state index contributed by atoms with van der Waals surface area (Å²) in [6.07, 6.45) is 10.4. The third-order valence-electron chi connectivity index (χ3n) is 8.25. The maximum Gasteiger partial charge on any atom is 0.154 e. The second-order valence-electron chi connectivity index (χ2n) is 11.0. The van der Waals surface area contributed by atoms with Crippen LogP contribution in [0.3, 0.4) is 0 Å². The van der Waals surface area contributed by atoms with E-state index >= 15 is 0 Å². The summed E-state index contributed by atoms with van der Waals surface area (Å²) in [5.74, 6) is 0. The van der Waals surface area contributed by atoms with Crippen LogP contribution in [0.5, 0.6) is 0 Å². The minimum Gasteiger partial charge on any atom is -0.454 e. The molecule has 0 aliphatic heterocycles. The van der Waals surface area contributed by atoms with E-state index in [0.29, 0.717) is 0 Å². The van der Waals surface area contributed by atoms with Crippen LogP contribution in [0.25, 0.3) is 49.9 Å². The molecule has 0 spiro atoms. The van der Waals surface area contributed by atoms with Gasteiger partial charge in [-0.05, 0) is 77.1 Å². The summed E-state index contributed by atoms with van der Waals surface area (Å²) in [5, 5.41) is 0.840. The lowest BCUT2D eigenvalue weighted by Crippen LogP contribution is -2.12. The summed E-state index contributed by atoms with van der Waals surface area (Å²) in [4.78, 5) is 6.78. The summed E-state index contributed by atoms with van der Waals surface area (Å²) in [7, 11) is 0. The third-order valence-corrected chi connectivity index (χ3v) is 8.25. The Morgan fingerprint density at radius 1 is 0.659 bits per heavy atom. The van der Waals surface area contributed by atoms with E-state index in [0.717, 1.165) is 57.5 Å². The van der Waals surface area contributed by atoms with Crippen molar-refractivity contribution in [1.82, 2.24) is 4.98 Å². The summed E-state index contributed by atoms with van der Waals surface area (Å²) < 4.78 is 6.22. The maximum absolute atomic E-state index is 6.22. The van der Waals surface area contributed by atoms with Crippen molar-refractivity contribution in [2.75, 3.05) is 4.90 Å². The number of anilines is 3. The van der Waals surface area contributed by atoms with Crippen molar-refractivity contribution in [2.24, 2.45) is 0 Å². The lowest BCUT2D eigenvalue weighted by Gasteiger charge is -2.27. The molecule has 44 heavy (non-hydrogen) atoms. The molecule has 0 fully saturated rings. The third kappa shape index (κ3) is 4.73. The molecule has 8 rings (SSSR count). The summed E-state index contributed by atoms with van der Waals surface area (Å²) in [5.41, 5.74) is 12.6. The standard InChI is InChI=1S/C41H28N2O/c1-3-10-29(11-4-1)30-17-19-31(20-18-30)32-21-23-34(24-22-32)43(38-15-8-7-14-36(38)33-12-5-2-6-13-33)35-25-26-37-40(28-35)44-39-16-9-27-42-41(37)39/h1-5,7-12,14-24,27-28H,6,13H2. The van der Waals surface area contributed by atoms with E-state index < -0.39 is 0 Å². The van der Waals surface area contributed by atoms with Gasteiger partial charge in [-0.25, -0.2) is 0 Å². The number of hydrogen-bond donors (Lipinski definition) is 0. The van der Waals surface area contributed by atoms with Crippen LogP contribution in [0.4, 0.5) is 17.1 Å². The predicted molar refractivity (Wildman–Crippen MR) is 181 cm³/mol. The molecule has 5 aromatic carbocycles. The zero-order valence-corrected chi connectivity index (χ0v) is 24.1. The minimum atomic E-state index is 0.741. The highest BCUT2D eigenvalue weighted by atomic mass is 16.3. The monoisotopic (exact) mass is 564 g/mol. The van der Waals surface area contributed by atoms with Crippen LogP contribution < -0.4 is 4.90 Å². The van der Waals surface area contributed by atoms with Gasteiger partial charge in [0.15, 0.2) is 5.58 Å². The number of pyridine rings is 1. The van der Waals surface area contributed by atoms with Crippen molar-refractivity contribution in [3.63, 3.8) is 0 Å². The van der Waals surface area contributed by atoms with Gasteiger partial charge in [0.2, 0.25) is 0 Å². The second kappa shape index (κ2) is 11.1. The molecule has 3 heteroatoms. The highest BCUT2D eigenvalue weighted by Gasteiger charge is 2.20. The molecule has 0 saturated heterocycles. The van der Waals surface area contributed by atoms with E-state index in [9.17, 15) is 0 Å². The van der Waals surface area contributed by atoms with Crippen molar-refractivity contribution in [3.05, 3.63) is 163 Å². The Hall–Kier alpha value is -5.85. The highest BCUT2D eigenvalue weighted by molar-refractivity contribution is 6.02. The Kier molecular flexibility index (Phi) is 6.51. The Morgan fingerprint density at radius 2 is 1.36 bits per heavy atom. The van der Waals surface area contributed by atoms with Gasteiger partial charge in [-0.1, -0.05) is 109 Å². The number of rotatable bonds is 6. The molecule has 0 N–H and O–H groups in total. The number of hydrogen-bond acceptors (Lipinski definition) is 3. The number of benzene rings is 4. The number of nitrogens with zero attached hydrogens (tertiary/aromatic N) is 2. The Morgan fingerprint density at radius 3 is 2.11 bits per heavy atom. The topological polar surface area (TPSA) is 29.3 Å². The van der Waals surface area contributed by atoms with Gasteiger partial charge < -0.3 is 9.32 Å². The average Bonchev–Trinajstić information content (AvgIpc) is 3.48. The van der Waals surface area contributed by atoms with Gasteiger partial charge >= 0.3 is 0 Å². The molecule has 0 atom stereocenters. The van der Waals surface area contributed by atoms with Gasteiger partial charge in [-0.2, -0.15) is 0 Å². The summed E-state index contributed by atoms with van der Waals surface area (Å²) in [6, 6.07) is 49.3. The molecule has 1 aliphatic rings. The molecule has 208 valence electrons. The number of aromatic nitrogens is 1. The lowest BCUT2D eigenvalue weighted by atomic mass is 9.95. The molecule has 2 aromatic heterocycles. The molecular weight excluding hydrogens is 536 g/mol. The Balaban J connectivity index is 1.22. The predicted octanol–water partition coefficient (Wildman–Crippen LogP) is 11.1. The van der Waals surface area contributed by atoms with Gasteiger partial charge in [-0.15, -0.1) is 0 Å². The van der Waals surface area contributed by atoms with Crippen LogP contribution in [0.15, 0.2) is 150 Å². The van der Waals surface area contributed by atoms with Crippen LogP contribution >= 0.6 is 0 Å². The second-order valence-corrected chi connectivity index (χ2v) is 11.0. The maximum atomic E-state index is 6.22. The van der Waals surface area contributed by atoms with Crippen molar-refractivity contribution >= 4 is 44.7 Å². The first-order chi connectivity index (χ1) is 21.8. The van der Waals surface area contributed by atoms with Gasteiger partial charge in [-0.3, -0.25) is 4.98 Å². The molecule has 3 nitrogen and oxygen atoms in total. The fourth-order valence-corrected chi connectivity index (χ4v) is 6.04. The molecule has 0 radical (unpaired) electrons. The molecule has 0 bridgehead atoms. The average molecular weight is 565 g/mol. The quantitative estimate of drug-likeness (QED) is 0.201. The fraction of sp³-hybridized carbons (Fsp3) is 0.0488. The molecular formula is C41H28N2O. The smallest absolute Gasteiger partial charge is 0.154 e. The Bertz CT molecular complexity index is 2150. The molecule has 2 heterocycles. The lowest BCUT2D eigenvalue weighted by molar-refractivity contribution is 0.668. The number of furan rings is 1. The van der Waals surface area contributed by atoms with E-state index in [4.69, 9.17) is 4.42 Å². The van der Waals surface area contributed by atoms with Gasteiger partial charge in [0.1, 0.15) is 16.8 Å². The first-order valence-electron chi connectivity index (χ1n) is 14.9. The SMILES string of the molecule is c1c(N(c2ccc(-c3ccc(-c4ccccc4)cc3)cc2)c2ccccc2C2=CC=CCC2)cc2oc3cccnc3c2c#1. The summed E-state index contributed by atoms with van der Waals surface area (Å²) in [6.45, 7) is 0. The molecule has 0 unspecified atom stereocenters. The Labute approximate surface area is 257 Å². The van der Waals surface area contributed by atoms with Crippen molar-refractivity contribution in [3.8, 4) is 22.3 Å². The van der Waals surface area contributed by atoms with Crippen LogP contribution in [-0.4, -0.2) is 4.98 Å². The fourth-order valence-electron chi connectivity index (χ4n) is 6.04. The van der Waals surface area contributed by atoms with Crippen LogP contribution in [0, 0.1) is 12.1 Å². The van der Waals surface area contributed by atoms with E-state index in [-0.39, 0.29) is 0 Å². The molecule has 7 aromatic rings. The molecule has 0 saturated carbocycles. The van der Waals surface area contributed by atoms with E-state index in [2.05, 4.69) is 143 Å². The first kappa shape index (κ1) is 25.8. The van der Waals surface area contributed by atoms with Gasteiger partial charge in [0, 0.05) is 23.5 Å². The van der Waals surface area contributed by atoms with E-state index in [1.165, 1.54) is 27.8 Å². The number of allylic oxidation sites excluding steroid dienone is 4. The molecule has 1 aliphatic carbocycles. The number of fused-ring (bicyclic) bond motifs is 3. The number of para-hydroxylation sites is 1. The van der Waals surface area contributed by atoms with Crippen molar-refractivity contribution in [1.29, 1.82) is 0 Å². The summed E-state index contributed by atoms with van der Waals surface area (Å²) >= 11 is 0. The van der Waals surface area contributed by atoms with Crippen molar-refractivity contribution in [2.45, 2.75) is 12.8 Å². The first-order valence-corrected chi connectivity index (χ1v) is 14.9. The zero-order valence-electron chi connectivity index (χ0n) is 24.1. The van der Waals surface area contributed by atoms with Crippen LogP contribution in [0.1, 0.15) is 18.4 Å². The van der Waals surface area contributed by atoms with Crippen LogP contribution in [-0.2, 0) is 0 Å².